The number of para-hydroxylation sites is 2. The Morgan fingerprint density at radius 3 is 2.50 bits per heavy atom. The molecule has 1 heterocycles. The normalized spacial score (nSPS) is 10.4. The summed E-state index contributed by atoms with van der Waals surface area (Å²) in [5.74, 6) is 0.229. The van der Waals surface area contributed by atoms with E-state index in [4.69, 9.17) is 21.1 Å². The molecule has 0 spiro atoms. The van der Waals surface area contributed by atoms with Crippen molar-refractivity contribution >= 4 is 34.8 Å². The van der Waals surface area contributed by atoms with E-state index in [0.717, 1.165) is 0 Å². The van der Waals surface area contributed by atoms with E-state index in [2.05, 4.69) is 20.9 Å². The molecule has 30 heavy (non-hydrogen) atoms. The molecule has 0 aliphatic heterocycles. The zero-order chi connectivity index (χ0) is 21.7. The van der Waals surface area contributed by atoms with Crippen LogP contribution in [-0.4, -0.2) is 41.0 Å². The molecule has 2 N–H and O–H groups in total. The van der Waals surface area contributed by atoms with Crippen LogP contribution in [-0.2, 0) is 11.3 Å². The van der Waals surface area contributed by atoms with Crippen molar-refractivity contribution in [2.75, 3.05) is 24.9 Å². The summed E-state index contributed by atoms with van der Waals surface area (Å²) >= 11 is 6.07. The highest BCUT2D eigenvalue weighted by Gasteiger charge is 2.19. The van der Waals surface area contributed by atoms with Crippen LogP contribution in [0.15, 0.2) is 42.5 Å². The van der Waals surface area contributed by atoms with Gasteiger partial charge >= 0.3 is 0 Å². The van der Waals surface area contributed by atoms with Crippen LogP contribution < -0.4 is 20.1 Å². The van der Waals surface area contributed by atoms with Crippen LogP contribution in [0.3, 0.4) is 0 Å². The van der Waals surface area contributed by atoms with Gasteiger partial charge in [-0.15, -0.1) is 5.10 Å². The molecule has 156 valence electrons. The van der Waals surface area contributed by atoms with Gasteiger partial charge in [0.2, 0.25) is 5.91 Å². The monoisotopic (exact) mass is 429 g/mol. The molecule has 0 fully saturated rings. The van der Waals surface area contributed by atoms with E-state index in [9.17, 15) is 9.59 Å². The first-order valence-electron chi connectivity index (χ1n) is 8.90. The van der Waals surface area contributed by atoms with Gasteiger partial charge in [0.15, 0.2) is 5.69 Å². The van der Waals surface area contributed by atoms with E-state index >= 15 is 0 Å². The fourth-order valence-corrected chi connectivity index (χ4v) is 2.99. The fraction of sp³-hybridized carbons (Fsp3) is 0.200. The lowest BCUT2D eigenvalue weighted by molar-refractivity contribution is -0.117. The van der Waals surface area contributed by atoms with Crippen LogP contribution in [0.2, 0.25) is 5.02 Å². The Morgan fingerprint density at radius 1 is 1.07 bits per heavy atom. The quantitative estimate of drug-likeness (QED) is 0.597. The van der Waals surface area contributed by atoms with Crippen LogP contribution in [0.4, 0.5) is 11.4 Å². The lowest BCUT2D eigenvalue weighted by Crippen LogP contribution is -2.21. The number of benzene rings is 2. The highest BCUT2D eigenvalue weighted by atomic mass is 35.5. The van der Waals surface area contributed by atoms with Gasteiger partial charge in [0.1, 0.15) is 18.0 Å². The van der Waals surface area contributed by atoms with Gasteiger partial charge < -0.3 is 20.1 Å². The molecule has 0 aliphatic carbocycles. The van der Waals surface area contributed by atoms with E-state index < -0.39 is 5.91 Å². The smallest absolute Gasteiger partial charge is 0.278 e. The first-order chi connectivity index (χ1) is 14.4. The highest BCUT2D eigenvalue weighted by Crippen LogP contribution is 2.27. The van der Waals surface area contributed by atoms with Crippen molar-refractivity contribution in [1.82, 2.24) is 15.0 Å². The van der Waals surface area contributed by atoms with Crippen LogP contribution in [0.1, 0.15) is 16.2 Å². The Kier molecular flexibility index (Phi) is 6.53. The van der Waals surface area contributed by atoms with Crippen molar-refractivity contribution in [3.63, 3.8) is 0 Å². The number of hydrogen-bond donors (Lipinski definition) is 2. The molecule has 10 heteroatoms. The molecular weight excluding hydrogens is 410 g/mol. The van der Waals surface area contributed by atoms with Crippen molar-refractivity contribution in [2.24, 2.45) is 0 Å². The first kappa shape index (κ1) is 21.1. The van der Waals surface area contributed by atoms with Crippen molar-refractivity contribution in [2.45, 2.75) is 13.5 Å². The van der Waals surface area contributed by atoms with Gasteiger partial charge in [-0.2, -0.15) is 0 Å². The SMILES string of the molecule is COc1ccc(NC(=O)Cn2nnc(C(=O)Nc3ccccc3OC)c2C)cc1Cl. The molecule has 1 aromatic heterocycles. The maximum atomic E-state index is 12.6. The minimum absolute atomic E-state index is 0.112. The molecule has 0 bridgehead atoms. The average Bonchev–Trinajstić information content (AvgIpc) is 3.08. The number of nitrogens with zero attached hydrogens (tertiary/aromatic N) is 3. The number of anilines is 2. The predicted octanol–water partition coefficient (Wildman–Crippen LogP) is 3.15. The van der Waals surface area contributed by atoms with Crippen molar-refractivity contribution in [3.8, 4) is 11.5 Å². The maximum absolute atomic E-state index is 12.6. The maximum Gasteiger partial charge on any atom is 0.278 e. The average molecular weight is 430 g/mol. The number of aromatic nitrogens is 3. The minimum Gasteiger partial charge on any atom is -0.495 e. The number of ether oxygens (including phenoxy) is 2. The van der Waals surface area contributed by atoms with Crippen molar-refractivity contribution in [3.05, 3.63) is 58.9 Å². The Labute approximate surface area is 177 Å². The summed E-state index contributed by atoms with van der Waals surface area (Å²) in [6.07, 6.45) is 0. The second kappa shape index (κ2) is 9.27. The Balaban J connectivity index is 1.68. The summed E-state index contributed by atoms with van der Waals surface area (Å²) in [7, 11) is 3.02. The molecule has 3 aromatic rings. The topological polar surface area (TPSA) is 107 Å². The molecule has 0 aliphatic rings. The molecular formula is C20H20ClN5O4. The number of amides is 2. The summed E-state index contributed by atoms with van der Waals surface area (Å²) in [5, 5.41) is 13.7. The highest BCUT2D eigenvalue weighted by molar-refractivity contribution is 6.32. The van der Waals surface area contributed by atoms with Gasteiger partial charge in [0, 0.05) is 5.69 Å². The lowest BCUT2D eigenvalue weighted by Gasteiger charge is -2.09. The minimum atomic E-state index is -0.453. The number of methoxy groups -OCH3 is 2. The van der Waals surface area contributed by atoms with Gasteiger partial charge in [0.25, 0.3) is 5.91 Å². The largest absolute Gasteiger partial charge is 0.495 e. The van der Waals surface area contributed by atoms with E-state index in [0.29, 0.717) is 33.6 Å². The summed E-state index contributed by atoms with van der Waals surface area (Å²) in [5.41, 5.74) is 1.58. The zero-order valence-electron chi connectivity index (χ0n) is 16.6. The van der Waals surface area contributed by atoms with Crippen LogP contribution in [0, 0.1) is 6.92 Å². The molecule has 0 atom stereocenters. The number of nitrogens with one attached hydrogen (secondary N) is 2. The van der Waals surface area contributed by atoms with E-state index in [1.54, 1.807) is 49.4 Å². The van der Waals surface area contributed by atoms with Crippen molar-refractivity contribution < 1.29 is 19.1 Å². The van der Waals surface area contributed by atoms with Gasteiger partial charge in [0.05, 0.1) is 30.6 Å². The summed E-state index contributed by atoms with van der Waals surface area (Å²) in [6.45, 7) is 1.54. The van der Waals surface area contributed by atoms with E-state index in [1.807, 2.05) is 0 Å². The van der Waals surface area contributed by atoms with E-state index in [-0.39, 0.29) is 18.1 Å². The Bertz CT molecular complexity index is 1080. The number of rotatable bonds is 7. The molecule has 3 rings (SSSR count). The molecule has 2 amide bonds. The second-order valence-corrected chi connectivity index (χ2v) is 6.64. The number of carbonyl (C=O) groups is 2. The second-order valence-electron chi connectivity index (χ2n) is 6.23. The van der Waals surface area contributed by atoms with Crippen molar-refractivity contribution in [1.29, 1.82) is 0 Å². The first-order valence-corrected chi connectivity index (χ1v) is 9.28. The predicted molar refractivity (Wildman–Crippen MR) is 112 cm³/mol. The summed E-state index contributed by atoms with van der Waals surface area (Å²) < 4.78 is 11.7. The molecule has 2 aromatic carbocycles. The van der Waals surface area contributed by atoms with Crippen LogP contribution >= 0.6 is 11.6 Å². The van der Waals surface area contributed by atoms with Gasteiger partial charge in [-0.1, -0.05) is 28.9 Å². The third kappa shape index (κ3) is 4.69. The third-order valence-electron chi connectivity index (χ3n) is 4.28. The molecule has 0 unspecified atom stereocenters. The molecule has 9 nitrogen and oxygen atoms in total. The van der Waals surface area contributed by atoms with Gasteiger partial charge in [-0.05, 0) is 37.3 Å². The number of carbonyl (C=O) groups excluding carboxylic acids is 2. The van der Waals surface area contributed by atoms with Crippen LogP contribution in [0.5, 0.6) is 11.5 Å². The lowest BCUT2D eigenvalue weighted by atomic mass is 10.2. The third-order valence-corrected chi connectivity index (χ3v) is 4.58. The van der Waals surface area contributed by atoms with Crippen LogP contribution in [0.25, 0.3) is 0 Å². The standard InChI is InChI=1S/C20H20ClN5O4/c1-12-19(20(28)23-15-6-4-5-7-17(15)30-3)24-25-26(12)11-18(27)22-13-8-9-16(29-2)14(21)10-13/h4-10H,11H2,1-3H3,(H,22,27)(H,23,28). The fourth-order valence-electron chi connectivity index (χ4n) is 2.73. The number of halogens is 1. The summed E-state index contributed by atoms with van der Waals surface area (Å²) in [4.78, 5) is 24.9. The molecule has 0 saturated heterocycles. The van der Waals surface area contributed by atoms with Gasteiger partial charge in [-0.3, -0.25) is 9.59 Å². The Hall–Kier alpha value is -3.59. The Morgan fingerprint density at radius 2 is 1.80 bits per heavy atom. The van der Waals surface area contributed by atoms with E-state index in [1.165, 1.54) is 18.9 Å². The van der Waals surface area contributed by atoms with Gasteiger partial charge in [-0.25, -0.2) is 4.68 Å². The number of hydrogen-bond acceptors (Lipinski definition) is 6. The molecule has 0 radical (unpaired) electrons. The summed E-state index contributed by atoms with van der Waals surface area (Å²) in [6, 6.07) is 11.9. The molecule has 0 saturated carbocycles. The zero-order valence-corrected chi connectivity index (χ0v) is 17.4.